The first kappa shape index (κ1) is 14.5. The van der Waals surface area contributed by atoms with E-state index in [9.17, 15) is 4.79 Å². The molecule has 0 spiro atoms. The van der Waals surface area contributed by atoms with Crippen molar-refractivity contribution in [1.29, 1.82) is 0 Å². The lowest BCUT2D eigenvalue weighted by Crippen LogP contribution is -1.98. The number of carbonyl (C=O) groups excluding carboxylic acids is 1. The quantitative estimate of drug-likeness (QED) is 0.632. The Morgan fingerprint density at radius 2 is 2.00 bits per heavy atom. The van der Waals surface area contributed by atoms with Crippen molar-refractivity contribution in [2.45, 2.75) is 0 Å². The van der Waals surface area contributed by atoms with Crippen LogP contribution < -0.4 is 14.2 Å². The average molecular weight is 317 g/mol. The summed E-state index contributed by atoms with van der Waals surface area (Å²) in [6, 6.07) is 10.4. The zero-order valence-electron chi connectivity index (χ0n) is 11.8. The van der Waals surface area contributed by atoms with Gasteiger partial charge in [0.05, 0.1) is 12.7 Å². The van der Waals surface area contributed by atoms with Crippen LogP contribution in [0.25, 0.3) is 6.08 Å². The molecule has 1 aliphatic heterocycles. The number of carbonyl (C=O) groups is 1. The molecular weight excluding hydrogens is 304 g/mol. The molecule has 0 N–H and O–H groups in total. The summed E-state index contributed by atoms with van der Waals surface area (Å²) in [4.78, 5) is 12.3. The summed E-state index contributed by atoms with van der Waals surface area (Å²) in [5.74, 6) is 1.69. The number of ether oxygens (including phenoxy) is 3. The van der Waals surface area contributed by atoms with Crippen molar-refractivity contribution in [3.05, 3.63) is 58.6 Å². The molecule has 0 fully saturated rings. The Balaban J connectivity index is 1.83. The normalized spacial score (nSPS) is 12.6. The highest BCUT2D eigenvalue weighted by Crippen LogP contribution is 2.33. The number of ketones is 1. The molecule has 0 unspecified atom stereocenters. The Morgan fingerprint density at radius 3 is 2.82 bits per heavy atom. The van der Waals surface area contributed by atoms with Crippen molar-refractivity contribution < 1.29 is 19.0 Å². The topological polar surface area (TPSA) is 44.8 Å². The average Bonchev–Trinajstić information content (AvgIpc) is 3.00. The summed E-state index contributed by atoms with van der Waals surface area (Å²) in [5.41, 5.74) is 1.27. The van der Waals surface area contributed by atoms with Gasteiger partial charge in [0.2, 0.25) is 6.79 Å². The molecule has 0 atom stereocenters. The van der Waals surface area contributed by atoms with Crippen LogP contribution in [-0.2, 0) is 0 Å². The lowest BCUT2D eigenvalue weighted by Gasteiger charge is -2.05. The van der Waals surface area contributed by atoms with Gasteiger partial charge in [-0.2, -0.15) is 0 Å². The molecule has 1 aliphatic rings. The number of fused-ring (bicyclic) bond motifs is 1. The van der Waals surface area contributed by atoms with Gasteiger partial charge in [0.25, 0.3) is 0 Å². The van der Waals surface area contributed by atoms with Crippen LogP contribution in [0.4, 0.5) is 0 Å². The SMILES string of the molecule is COc1ccc(Cl)cc1C(=O)/C=C/c1ccc2c(c1)OCO2. The molecule has 0 amide bonds. The van der Waals surface area contributed by atoms with Gasteiger partial charge < -0.3 is 14.2 Å². The maximum Gasteiger partial charge on any atom is 0.231 e. The van der Waals surface area contributed by atoms with Gasteiger partial charge in [-0.05, 0) is 42.0 Å². The van der Waals surface area contributed by atoms with Crippen LogP contribution in [-0.4, -0.2) is 19.7 Å². The minimum atomic E-state index is -0.183. The molecule has 2 aromatic rings. The number of halogens is 1. The Kier molecular flexibility index (Phi) is 4.02. The van der Waals surface area contributed by atoms with Crippen molar-refractivity contribution in [2.75, 3.05) is 13.9 Å². The fraction of sp³-hybridized carbons (Fsp3) is 0.118. The molecule has 0 saturated carbocycles. The monoisotopic (exact) mass is 316 g/mol. The Bertz CT molecular complexity index is 752. The first-order valence-corrected chi connectivity index (χ1v) is 7.01. The van der Waals surface area contributed by atoms with Crippen LogP contribution in [0.5, 0.6) is 17.2 Å². The first-order valence-electron chi connectivity index (χ1n) is 6.63. The minimum absolute atomic E-state index is 0.183. The summed E-state index contributed by atoms with van der Waals surface area (Å²) in [7, 11) is 1.52. The lowest BCUT2D eigenvalue weighted by molar-refractivity contribution is 0.104. The van der Waals surface area contributed by atoms with Crippen molar-refractivity contribution in [1.82, 2.24) is 0 Å². The number of allylic oxidation sites excluding steroid dienone is 1. The highest BCUT2D eigenvalue weighted by Gasteiger charge is 2.13. The molecule has 0 bridgehead atoms. The third-order valence-electron chi connectivity index (χ3n) is 3.25. The van der Waals surface area contributed by atoms with Crippen LogP contribution in [0.2, 0.25) is 5.02 Å². The van der Waals surface area contributed by atoms with Gasteiger partial charge in [0.1, 0.15) is 5.75 Å². The summed E-state index contributed by atoms with van der Waals surface area (Å²) < 4.78 is 15.7. The smallest absolute Gasteiger partial charge is 0.231 e. The van der Waals surface area contributed by atoms with Crippen LogP contribution in [0.15, 0.2) is 42.5 Å². The van der Waals surface area contributed by atoms with Crippen molar-refractivity contribution in [2.24, 2.45) is 0 Å². The Morgan fingerprint density at radius 1 is 1.18 bits per heavy atom. The number of methoxy groups -OCH3 is 1. The Hall–Kier alpha value is -2.46. The molecule has 2 aromatic carbocycles. The number of rotatable bonds is 4. The van der Waals surface area contributed by atoms with Crippen LogP contribution in [0, 0.1) is 0 Å². The third-order valence-corrected chi connectivity index (χ3v) is 3.49. The van der Waals surface area contributed by atoms with Gasteiger partial charge in [0.15, 0.2) is 17.3 Å². The zero-order valence-corrected chi connectivity index (χ0v) is 12.6. The second kappa shape index (κ2) is 6.12. The lowest BCUT2D eigenvalue weighted by atomic mass is 10.1. The number of benzene rings is 2. The van der Waals surface area contributed by atoms with Gasteiger partial charge >= 0.3 is 0 Å². The van der Waals surface area contributed by atoms with E-state index in [0.29, 0.717) is 27.8 Å². The standard InChI is InChI=1S/C17H13ClO4/c1-20-15-7-4-12(18)9-13(15)14(19)5-2-11-3-6-16-17(8-11)22-10-21-16/h2-9H,10H2,1H3/b5-2+. The van der Waals surface area contributed by atoms with Gasteiger partial charge in [0, 0.05) is 5.02 Å². The maximum atomic E-state index is 12.3. The van der Waals surface area contributed by atoms with Gasteiger partial charge in [-0.25, -0.2) is 0 Å². The first-order chi connectivity index (χ1) is 10.7. The molecule has 112 valence electrons. The van der Waals surface area contributed by atoms with Crippen LogP contribution in [0.3, 0.4) is 0 Å². The fourth-order valence-corrected chi connectivity index (χ4v) is 2.32. The molecule has 0 aromatic heterocycles. The van der Waals surface area contributed by atoms with Crippen molar-refractivity contribution >= 4 is 23.5 Å². The summed E-state index contributed by atoms with van der Waals surface area (Å²) in [5, 5.41) is 0.487. The highest BCUT2D eigenvalue weighted by atomic mass is 35.5. The molecule has 4 nitrogen and oxygen atoms in total. The van der Waals surface area contributed by atoms with Gasteiger partial charge in [-0.15, -0.1) is 0 Å². The molecular formula is C17H13ClO4. The van der Waals surface area contributed by atoms with E-state index in [-0.39, 0.29) is 12.6 Å². The minimum Gasteiger partial charge on any atom is -0.496 e. The van der Waals surface area contributed by atoms with Gasteiger partial charge in [-0.1, -0.05) is 23.7 Å². The third kappa shape index (κ3) is 2.92. The van der Waals surface area contributed by atoms with E-state index < -0.39 is 0 Å². The van der Waals surface area contributed by atoms with E-state index >= 15 is 0 Å². The van der Waals surface area contributed by atoms with E-state index in [0.717, 1.165) is 5.56 Å². The largest absolute Gasteiger partial charge is 0.496 e. The van der Waals surface area contributed by atoms with Crippen LogP contribution >= 0.6 is 11.6 Å². The molecule has 0 radical (unpaired) electrons. The molecule has 3 rings (SSSR count). The Labute approximate surface area is 132 Å². The molecule has 5 heteroatoms. The highest BCUT2D eigenvalue weighted by molar-refractivity contribution is 6.31. The molecule has 22 heavy (non-hydrogen) atoms. The van der Waals surface area contributed by atoms with Crippen LogP contribution in [0.1, 0.15) is 15.9 Å². The van der Waals surface area contributed by atoms with E-state index in [1.807, 2.05) is 18.2 Å². The summed E-state index contributed by atoms with van der Waals surface area (Å²) in [6.07, 6.45) is 3.19. The number of hydrogen-bond donors (Lipinski definition) is 0. The van der Waals surface area contributed by atoms with Crippen molar-refractivity contribution in [3.63, 3.8) is 0 Å². The maximum absolute atomic E-state index is 12.3. The van der Waals surface area contributed by atoms with E-state index in [1.165, 1.54) is 13.2 Å². The second-order valence-corrected chi connectivity index (χ2v) is 5.09. The second-order valence-electron chi connectivity index (χ2n) is 4.65. The predicted octanol–water partition coefficient (Wildman–Crippen LogP) is 3.97. The molecule has 0 saturated heterocycles. The fourth-order valence-electron chi connectivity index (χ4n) is 2.15. The van der Waals surface area contributed by atoms with Crippen molar-refractivity contribution in [3.8, 4) is 17.2 Å². The molecule has 1 heterocycles. The van der Waals surface area contributed by atoms with Gasteiger partial charge in [-0.3, -0.25) is 4.79 Å². The summed E-state index contributed by atoms with van der Waals surface area (Å²) in [6.45, 7) is 0.223. The summed E-state index contributed by atoms with van der Waals surface area (Å²) >= 11 is 5.94. The predicted molar refractivity (Wildman–Crippen MR) is 83.9 cm³/mol. The van der Waals surface area contributed by atoms with E-state index in [1.54, 1.807) is 24.3 Å². The molecule has 0 aliphatic carbocycles. The van der Waals surface area contributed by atoms with E-state index in [4.69, 9.17) is 25.8 Å². The number of hydrogen-bond acceptors (Lipinski definition) is 4. The van der Waals surface area contributed by atoms with E-state index in [2.05, 4.69) is 0 Å². The zero-order chi connectivity index (χ0) is 15.5.